The van der Waals surface area contributed by atoms with E-state index < -0.39 is 0 Å². The third-order valence-corrected chi connectivity index (χ3v) is 4.28. The van der Waals surface area contributed by atoms with Gasteiger partial charge in [0.25, 0.3) is 11.8 Å². The monoisotopic (exact) mass is 315 g/mol. The second-order valence-electron chi connectivity index (χ2n) is 5.17. The third kappa shape index (κ3) is 3.35. The van der Waals surface area contributed by atoms with Gasteiger partial charge in [-0.3, -0.25) is 9.59 Å². The van der Waals surface area contributed by atoms with Crippen molar-refractivity contribution in [2.75, 3.05) is 18.4 Å². The van der Waals surface area contributed by atoms with Crippen LogP contribution in [0.2, 0.25) is 0 Å². The molecule has 6 heteroatoms. The molecule has 114 valence electrons. The van der Waals surface area contributed by atoms with Gasteiger partial charge < -0.3 is 16.0 Å². The first-order valence-corrected chi connectivity index (χ1v) is 8.12. The minimum absolute atomic E-state index is 0.146. The van der Waals surface area contributed by atoms with Gasteiger partial charge in [-0.25, -0.2) is 0 Å². The van der Waals surface area contributed by atoms with Crippen LogP contribution in [0.3, 0.4) is 0 Å². The van der Waals surface area contributed by atoms with Crippen molar-refractivity contribution in [1.82, 2.24) is 10.6 Å². The van der Waals surface area contributed by atoms with Crippen LogP contribution < -0.4 is 16.0 Å². The van der Waals surface area contributed by atoms with Gasteiger partial charge >= 0.3 is 0 Å². The summed E-state index contributed by atoms with van der Waals surface area (Å²) >= 11 is 1.46. The number of carbonyl (C=O) groups is 2. The van der Waals surface area contributed by atoms with Crippen LogP contribution in [-0.2, 0) is 0 Å². The minimum Gasteiger partial charge on any atom is -0.348 e. The summed E-state index contributed by atoms with van der Waals surface area (Å²) in [6.07, 6.45) is 0.926. The maximum absolute atomic E-state index is 12.4. The van der Waals surface area contributed by atoms with Crippen molar-refractivity contribution in [3.05, 3.63) is 52.2 Å². The quantitative estimate of drug-likeness (QED) is 0.809. The predicted molar refractivity (Wildman–Crippen MR) is 87.5 cm³/mol. The SMILES string of the molecule is O=C(Nc1ccccc1C(=O)NC1CCNC1)c1ccsc1. The largest absolute Gasteiger partial charge is 0.348 e. The van der Waals surface area contributed by atoms with E-state index in [9.17, 15) is 9.59 Å². The van der Waals surface area contributed by atoms with Crippen LogP contribution in [0, 0.1) is 0 Å². The highest BCUT2D eigenvalue weighted by Crippen LogP contribution is 2.17. The number of nitrogens with one attached hydrogen (secondary N) is 3. The van der Waals surface area contributed by atoms with Crippen molar-refractivity contribution in [3.63, 3.8) is 0 Å². The number of hydrogen-bond donors (Lipinski definition) is 3. The summed E-state index contributed by atoms with van der Waals surface area (Å²) in [5.74, 6) is -0.362. The Balaban J connectivity index is 1.74. The van der Waals surface area contributed by atoms with Gasteiger partial charge in [0.1, 0.15) is 0 Å². The van der Waals surface area contributed by atoms with Crippen molar-refractivity contribution in [2.24, 2.45) is 0 Å². The Bertz CT molecular complexity index is 664. The number of anilines is 1. The van der Waals surface area contributed by atoms with Gasteiger partial charge in [0.05, 0.1) is 16.8 Å². The summed E-state index contributed by atoms with van der Waals surface area (Å²) in [6, 6.07) is 8.96. The molecule has 1 aliphatic rings. The smallest absolute Gasteiger partial charge is 0.256 e. The highest BCUT2D eigenvalue weighted by molar-refractivity contribution is 7.08. The Hall–Kier alpha value is -2.18. The molecule has 1 aromatic carbocycles. The number of rotatable bonds is 4. The molecule has 1 atom stereocenters. The topological polar surface area (TPSA) is 70.2 Å². The zero-order valence-electron chi connectivity index (χ0n) is 12.0. The number of amides is 2. The van der Waals surface area contributed by atoms with Crippen LogP contribution in [-0.4, -0.2) is 30.9 Å². The molecule has 2 aromatic rings. The van der Waals surface area contributed by atoms with Crippen molar-refractivity contribution in [3.8, 4) is 0 Å². The number of thiophene rings is 1. The third-order valence-electron chi connectivity index (χ3n) is 3.60. The normalized spacial score (nSPS) is 17.2. The molecule has 0 bridgehead atoms. The average molecular weight is 315 g/mol. The molecular formula is C16H17N3O2S. The molecule has 1 saturated heterocycles. The molecule has 22 heavy (non-hydrogen) atoms. The van der Waals surface area contributed by atoms with E-state index in [1.54, 1.807) is 35.7 Å². The van der Waals surface area contributed by atoms with E-state index >= 15 is 0 Å². The molecule has 5 nitrogen and oxygen atoms in total. The van der Waals surface area contributed by atoms with Gasteiger partial charge in [-0.1, -0.05) is 12.1 Å². The van der Waals surface area contributed by atoms with Crippen molar-refractivity contribution in [2.45, 2.75) is 12.5 Å². The van der Waals surface area contributed by atoms with Crippen molar-refractivity contribution >= 4 is 28.8 Å². The fourth-order valence-electron chi connectivity index (χ4n) is 2.42. The summed E-state index contributed by atoms with van der Waals surface area (Å²) < 4.78 is 0. The molecule has 1 aliphatic heterocycles. The summed E-state index contributed by atoms with van der Waals surface area (Å²) in [7, 11) is 0. The lowest BCUT2D eigenvalue weighted by molar-refractivity contribution is 0.0941. The maximum atomic E-state index is 12.4. The zero-order chi connectivity index (χ0) is 15.4. The molecule has 2 amide bonds. The van der Waals surface area contributed by atoms with Gasteiger partial charge in [-0.15, -0.1) is 0 Å². The van der Waals surface area contributed by atoms with E-state index in [0.717, 1.165) is 19.5 Å². The Morgan fingerprint density at radius 3 is 2.77 bits per heavy atom. The molecule has 0 spiro atoms. The van der Waals surface area contributed by atoms with Crippen LogP contribution >= 0.6 is 11.3 Å². The average Bonchev–Trinajstić information content (AvgIpc) is 3.21. The Morgan fingerprint density at radius 2 is 2.05 bits per heavy atom. The molecule has 3 N–H and O–H groups in total. The summed E-state index contributed by atoms with van der Waals surface area (Å²) in [5, 5.41) is 12.6. The lowest BCUT2D eigenvalue weighted by atomic mass is 10.1. The molecule has 0 aliphatic carbocycles. The summed E-state index contributed by atoms with van der Waals surface area (Å²) in [6.45, 7) is 1.71. The Morgan fingerprint density at radius 1 is 1.18 bits per heavy atom. The van der Waals surface area contributed by atoms with Crippen LogP contribution in [0.1, 0.15) is 27.1 Å². The van der Waals surface area contributed by atoms with Crippen LogP contribution in [0.15, 0.2) is 41.1 Å². The van der Waals surface area contributed by atoms with E-state index in [1.165, 1.54) is 11.3 Å². The Labute approximate surface area is 132 Å². The number of benzene rings is 1. The molecule has 1 fully saturated rings. The first kappa shape index (κ1) is 14.7. The van der Waals surface area contributed by atoms with E-state index in [2.05, 4.69) is 16.0 Å². The van der Waals surface area contributed by atoms with Crippen LogP contribution in [0.25, 0.3) is 0 Å². The number of para-hydroxylation sites is 1. The zero-order valence-corrected chi connectivity index (χ0v) is 12.8. The van der Waals surface area contributed by atoms with Gasteiger partial charge in [-0.05, 0) is 36.5 Å². The van der Waals surface area contributed by atoms with Crippen LogP contribution in [0.5, 0.6) is 0 Å². The highest BCUT2D eigenvalue weighted by Gasteiger charge is 2.20. The Kier molecular flexibility index (Phi) is 4.50. The predicted octanol–water partition coefficient (Wildman–Crippen LogP) is 2.09. The molecule has 2 heterocycles. The van der Waals surface area contributed by atoms with E-state index in [0.29, 0.717) is 16.8 Å². The lowest BCUT2D eigenvalue weighted by Gasteiger charge is -2.14. The molecular weight excluding hydrogens is 298 g/mol. The van der Waals surface area contributed by atoms with Crippen molar-refractivity contribution in [1.29, 1.82) is 0 Å². The first-order chi connectivity index (χ1) is 10.7. The van der Waals surface area contributed by atoms with Crippen LogP contribution in [0.4, 0.5) is 5.69 Å². The molecule has 0 saturated carbocycles. The summed E-state index contributed by atoms with van der Waals surface area (Å²) in [4.78, 5) is 24.5. The van der Waals surface area contributed by atoms with E-state index in [1.807, 2.05) is 5.38 Å². The van der Waals surface area contributed by atoms with Gasteiger partial charge in [0.2, 0.25) is 0 Å². The molecule has 0 radical (unpaired) electrons. The number of carbonyl (C=O) groups excluding carboxylic acids is 2. The van der Waals surface area contributed by atoms with Gasteiger partial charge in [0, 0.05) is 18.0 Å². The highest BCUT2D eigenvalue weighted by atomic mass is 32.1. The first-order valence-electron chi connectivity index (χ1n) is 7.18. The fourth-order valence-corrected chi connectivity index (χ4v) is 3.06. The van der Waals surface area contributed by atoms with Crippen molar-refractivity contribution < 1.29 is 9.59 Å². The number of hydrogen-bond acceptors (Lipinski definition) is 4. The standard InChI is InChI=1S/C16H17N3O2S/c20-15(11-6-8-22-10-11)19-14-4-2-1-3-13(14)16(21)18-12-5-7-17-9-12/h1-4,6,8,10,12,17H,5,7,9H2,(H,18,21)(H,19,20). The van der Waals surface area contributed by atoms with E-state index in [-0.39, 0.29) is 17.9 Å². The fraction of sp³-hybridized carbons (Fsp3) is 0.250. The molecule has 1 aromatic heterocycles. The summed E-state index contributed by atoms with van der Waals surface area (Å²) in [5.41, 5.74) is 1.61. The van der Waals surface area contributed by atoms with E-state index in [4.69, 9.17) is 0 Å². The van der Waals surface area contributed by atoms with Gasteiger partial charge in [-0.2, -0.15) is 11.3 Å². The minimum atomic E-state index is -0.205. The molecule has 1 unspecified atom stereocenters. The maximum Gasteiger partial charge on any atom is 0.256 e. The molecule has 3 rings (SSSR count). The lowest BCUT2D eigenvalue weighted by Crippen LogP contribution is -2.36. The van der Waals surface area contributed by atoms with Gasteiger partial charge in [0.15, 0.2) is 0 Å². The second-order valence-corrected chi connectivity index (χ2v) is 5.95. The second kappa shape index (κ2) is 6.72.